The third-order valence-electron chi connectivity index (χ3n) is 2.31. The largest absolute Gasteiger partial charge is 0.506 e. The third kappa shape index (κ3) is 2.51. The number of phenolic OH excluding ortho intramolecular Hbond substituents is 1. The summed E-state index contributed by atoms with van der Waals surface area (Å²) in [5.41, 5.74) is 0.701. The van der Waals surface area contributed by atoms with E-state index in [1.807, 2.05) is 6.07 Å². The molecule has 0 heterocycles. The zero-order chi connectivity index (χ0) is 12.4. The summed E-state index contributed by atoms with van der Waals surface area (Å²) >= 11 is 9.01. The first-order valence-electron chi connectivity index (χ1n) is 4.87. The maximum atomic E-state index is 12.1. The minimum atomic E-state index is -0.258. The Kier molecular flexibility index (Phi) is 3.50. The Balaban J connectivity index is 2.52. The fourth-order valence-corrected chi connectivity index (χ4v) is 2.29. The molecule has 4 heteroatoms. The summed E-state index contributed by atoms with van der Waals surface area (Å²) in [7, 11) is 0. The van der Waals surface area contributed by atoms with Crippen molar-refractivity contribution in [2.24, 2.45) is 0 Å². The highest BCUT2D eigenvalue weighted by Crippen LogP contribution is 2.32. The standard InChI is InChI=1S/C13H8BrClO2/c14-11-7-9(15)6-10(13(11)17)12(16)8-4-2-1-3-5-8/h1-7,17H. The maximum absolute atomic E-state index is 12.1. The lowest BCUT2D eigenvalue weighted by Gasteiger charge is -2.06. The zero-order valence-corrected chi connectivity index (χ0v) is 11.0. The number of benzene rings is 2. The third-order valence-corrected chi connectivity index (χ3v) is 3.13. The molecule has 0 aromatic heterocycles. The highest BCUT2D eigenvalue weighted by molar-refractivity contribution is 9.10. The Hall–Kier alpha value is -1.32. The number of carbonyl (C=O) groups excluding carboxylic acids is 1. The molecule has 0 bridgehead atoms. The van der Waals surface area contributed by atoms with E-state index >= 15 is 0 Å². The van der Waals surface area contributed by atoms with Gasteiger partial charge in [-0.1, -0.05) is 41.9 Å². The molecule has 17 heavy (non-hydrogen) atoms. The molecule has 2 aromatic rings. The average molecular weight is 312 g/mol. The van der Waals surface area contributed by atoms with Gasteiger partial charge in [-0.3, -0.25) is 4.79 Å². The van der Waals surface area contributed by atoms with Gasteiger partial charge >= 0.3 is 0 Å². The van der Waals surface area contributed by atoms with Crippen molar-refractivity contribution < 1.29 is 9.90 Å². The van der Waals surface area contributed by atoms with Crippen LogP contribution in [0.3, 0.4) is 0 Å². The molecule has 0 radical (unpaired) electrons. The summed E-state index contributed by atoms with van der Waals surface area (Å²) in [4.78, 5) is 12.1. The van der Waals surface area contributed by atoms with E-state index in [4.69, 9.17) is 11.6 Å². The Morgan fingerprint density at radius 2 is 1.82 bits per heavy atom. The van der Waals surface area contributed by atoms with Gasteiger partial charge in [-0.25, -0.2) is 0 Å². The van der Waals surface area contributed by atoms with E-state index < -0.39 is 0 Å². The van der Waals surface area contributed by atoms with Crippen molar-refractivity contribution in [2.75, 3.05) is 0 Å². The number of hydrogen-bond acceptors (Lipinski definition) is 2. The second kappa shape index (κ2) is 4.90. The van der Waals surface area contributed by atoms with Gasteiger partial charge in [0, 0.05) is 10.6 Å². The van der Waals surface area contributed by atoms with E-state index in [2.05, 4.69) is 15.9 Å². The molecule has 2 aromatic carbocycles. The van der Waals surface area contributed by atoms with Crippen molar-refractivity contribution in [2.45, 2.75) is 0 Å². The van der Waals surface area contributed by atoms with Crippen LogP contribution < -0.4 is 0 Å². The first-order valence-corrected chi connectivity index (χ1v) is 6.04. The van der Waals surface area contributed by atoms with E-state index in [0.29, 0.717) is 15.1 Å². The summed E-state index contributed by atoms with van der Waals surface area (Å²) in [6, 6.07) is 11.7. The van der Waals surface area contributed by atoms with Gasteiger partial charge in [0.15, 0.2) is 5.78 Å². The number of phenols is 1. The topological polar surface area (TPSA) is 37.3 Å². The van der Waals surface area contributed by atoms with E-state index in [0.717, 1.165) is 0 Å². The molecule has 0 saturated carbocycles. The summed E-state index contributed by atoms with van der Waals surface area (Å²) < 4.78 is 0.407. The van der Waals surface area contributed by atoms with Gasteiger partial charge < -0.3 is 5.11 Å². The fourth-order valence-electron chi connectivity index (χ4n) is 1.48. The van der Waals surface area contributed by atoms with Gasteiger partial charge in [-0.05, 0) is 28.1 Å². The van der Waals surface area contributed by atoms with Crippen LogP contribution in [0, 0.1) is 0 Å². The van der Waals surface area contributed by atoms with Crippen molar-refractivity contribution >= 4 is 33.3 Å². The van der Waals surface area contributed by atoms with Crippen LogP contribution in [-0.4, -0.2) is 10.9 Å². The minimum absolute atomic E-state index is 0.0942. The molecule has 1 N–H and O–H groups in total. The van der Waals surface area contributed by atoms with Gasteiger partial charge in [-0.15, -0.1) is 0 Å². The number of halogens is 2. The van der Waals surface area contributed by atoms with Gasteiger partial charge in [0.05, 0.1) is 10.0 Å². The van der Waals surface area contributed by atoms with Crippen LogP contribution in [-0.2, 0) is 0 Å². The van der Waals surface area contributed by atoms with Crippen LogP contribution in [0.4, 0.5) is 0 Å². The molecule has 86 valence electrons. The number of aromatic hydroxyl groups is 1. The van der Waals surface area contributed by atoms with Gasteiger partial charge in [0.1, 0.15) is 5.75 Å². The van der Waals surface area contributed by atoms with E-state index in [1.54, 1.807) is 30.3 Å². The predicted octanol–water partition coefficient (Wildman–Crippen LogP) is 4.04. The SMILES string of the molecule is O=C(c1ccccc1)c1cc(Cl)cc(Br)c1O. The van der Waals surface area contributed by atoms with Gasteiger partial charge in [0.25, 0.3) is 0 Å². The number of carbonyl (C=O) groups is 1. The van der Waals surface area contributed by atoms with Crippen LogP contribution in [0.25, 0.3) is 0 Å². The lowest BCUT2D eigenvalue weighted by Crippen LogP contribution is -2.01. The van der Waals surface area contributed by atoms with E-state index in [1.165, 1.54) is 6.07 Å². The lowest BCUT2D eigenvalue weighted by molar-refractivity contribution is 0.103. The normalized spacial score (nSPS) is 10.2. The molecule has 0 atom stereocenters. The maximum Gasteiger partial charge on any atom is 0.196 e. The quantitative estimate of drug-likeness (QED) is 0.850. The van der Waals surface area contributed by atoms with Crippen LogP contribution in [0.1, 0.15) is 15.9 Å². The van der Waals surface area contributed by atoms with Crippen molar-refractivity contribution in [3.63, 3.8) is 0 Å². The zero-order valence-electron chi connectivity index (χ0n) is 8.65. The molecule has 0 aliphatic carbocycles. The van der Waals surface area contributed by atoms with Crippen LogP contribution in [0.5, 0.6) is 5.75 Å². The van der Waals surface area contributed by atoms with Gasteiger partial charge in [0.2, 0.25) is 0 Å². The monoisotopic (exact) mass is 310 g/mol. The molecule has 0 spiro atoms. The van der Waals surface area contributed by atoms with Gasteiger partial charge in [-0.2, -0.15) is 0 Å². The average Bonchev–Trinajstić information content (AvgIpc) is 2.34. The Morgan fingerprint density at radius 1 is 1.18 bits per heavy atom. The van der Waals surface area contributed by atoms with Crippen LogP contribution >= 0.6 is 27.5 Å². The Labute approximate surface area is 112 Å². The minimum Gasteiger partial charge on any atom is -0.506 e. The summed E-state index contributed by atoms with van der Waals surface area (Å²) in [6.07, 6.45) is 0. The first kappa shape index (κ1) is 12.1. The molecule has 0 saturated heterocycles. The summed E-state index contributed by atoms with van der Waals surface area (Å²) in [6.45, 7) is 0. The van der Waals surface area contributed by atoms with Crippen molar-refractivity contribution in [3.8, 4) is 5.75 Å². The molecule has 0 unspecified atom stereocenters. The van der Waals surface area contributed by atoms with Crippen LogP contribution in [0.2, 0.25) is 5.02 Å². The van der Waals surface area contributed by atoms with Crippen LogP contribution in [0.15, 0.2) is 46.9 Å². The molecule has 0 fully saturated rings. The molecule has 2 rings (SSSR count). The number of hydrogen-bond donors (Lipinski definition) is 1. The molecular weight excluding hydrogens is 303 g/mol. The Morgan fingerprint density at radius 3 is 2.47 bits per heavy atom. The summed E-state index contributed by atoms with van der Waals surface area (Å²) in [5.74, 6) is -0.352. The number of rotatable bonds is 2. The van der Waals surface area contributed by atoms with Crippen molar-refractivity contribution in [3.05, 3.63) is 63.1 Å². The summed E-state index contributed by atoms with van der Waals surface area (Å²) in [5, 5.41) is 10.2. The van der Waals surface area contributed by atoms with Crippen molar-refractivity contribution in [1.82, 2.24) is 0 Å². The van der Waals surface area contributed by atoms with E-state index in [-0.39, 0.29) is 17.1 Å². The fraction of sp³-hybridized carbons (Fsp3) is 0. The Bertz CT molecular complexity index is 567. The molecular formula is C13H8BrClO2. The molecule has 0 aliphatic rings. The smallest absolute Gasteiger partial charge is 0.196 e. The first-order chi connectivity index (χ1) is 8.09. The van der Waals surface area contributed by atoms with E-state index in [9.17, 15) is 9.90 Å². The highest BCUT2D eigenvalue weighted by atomic mass is 79.9. The second-order valence-electron chi connectivity index (χ2n) is 3.48. The predicted molar refractivity (Wildman–Crippen MR) is 70.7 cm³/mol. The molecule has 0 aliphatic heterocycles. The van der Waals surface area contributed by atoms with Crippen molar-refractivity contribution in [1.29, 1.82) is 0 Å². The highest BCUT2D eigenvalue weighted by Gasteiger charge is 2.16. The molecule has 2 nitrogen and oxygen atoms in total. The second-order valence-corrected chi connectivity index (χ2v) is 4.77. The number of ketones is 1. The molecule has 0 amide bonds. The lowest BCUT2D eigenvalue weighted by atomic mass is 10.0.